The van der Waals surface area contributed by atoms with Gasteiger partial charge in [0.15, 0.2) is 5.54 Å². The van der Waals surface area contributed by atoms with Crippen molar-refractivity contribution in [1.82, 2.24) is 10.4 Å². The van der Waals surface area contributed by atoms with Crippen LogP contribution in [-0.2, 0) is 20.9 Å². The second kappa shape index (κ2) is 5.81. The van der Waals surface area contributed by atoms with Crippen LogP contribution in [0.2, 0.25) is 0 Å². The van der Waals surface area contributed by atoms with Crippen molar-refractivity contribution in [3.63, 3.8) is 0 Å². The molecule has 116 valence electrons. The maximum atomic E-state index is 12.1. The average Bonchev–Trinajstić information content (AvgIpc) is 3.11. The summed E-state index contributed by atoms with van der Waals surface area (Å²) in [7, 11) is 1.35. The molecule has 1 saturated carbocycles. The summed E-state index contributed by atoms with van der Waals surface area (Å²) in [6, 6.07) is 9.44. The molecule has 6 heteroatoms. The van der Waals surface area contributed by atoms with Crippen LogP contribution in [0, 0.1) is 0 Å². The van der Waals surface area contributed by atoms with Crippen LogP contribution in [0.15, 0.2) is 42.1 Å². The van der Waals surface area contributed by atoms with Gasteiger partial charge in [0.2, 0.25) is 0 Å². The lowest BCUT2D eigenvalue weighted by atomic mass is 9.95. The molecule has 1 aromatic carbocycles. The normalized spacial score (nSPS) is 23.0. The third-order valence-corrected chi connectivity index (χ3v) is 4.08. The van der Waals surface area contributed by atoms with E-state index in [0.717, 1.165) is 24.0 Å². The van der Waals surface area contributed by atoms with Crippen molar-refractivity contribution in [2.75, 3.05) is 7.11 Å². The second-order valence-electron chi connectivity index (χ2n) is 5.43. The summed E-state index contributed by atoms with van der Waals surface area (Å²) in [5, 5.41) is 1.24. The number of amides is 1. The van der Waals surface area contributed by atoms with Gasteiger partial charge in [-0.3, -0.25) is 0 Å². The second-order valence-corrected chi connectivity index (χ2v) is 5.43. The number of hydrazine groups is 1. The van der Waals surface area contributed by atoms with Gasteiger partial charge in [0.1, 0.15) is 6.61 Å². The number of hydrogen-bond acceptors (Lipinski definition) is 5. The van der Waals surface area contributed by atoms with Crippen molar-refractivity contribution >= 4 is 12.1 Å². The molecular weight excluding hydrogens is 284 g/mol. The van der Waals surface area contributed by atoms with Gasteiger partial charge in [0.25, 0.3) is 0 Å². The summed E-state index contributed by atoms with van der Waals surface area (Å²) in [6.07, 6.45) is 3.39. The number of nitrogens with zero attached hydrogens (tertiary/aromatic N) is 1. The Kier molecular flexibility index (Phi) is 3.85. The zero-order valence-corrected chi connectivity index (χ0v) is 12.4. The number of benzene rings is 1. The van der Waals surface area contributed by atoms with E-state index < -0.39 is 11.6 Å². The van der Waals surface area contributed by atoms with Gasteiger partial charge in [0, 0.05) is 6.20 Å². The summed E-state index contributed by atoms with van der Waals surface area (Å²) in [5.41, 5.74) is 3.82. The molecule has 1 aliphatic heterocycles. The van der Waals surface area contributed by atoms with E-state index in [1.165, 1.54) is 12.1 Å². The molecule has 0 aromatic heterocycles. The van der Waals surface area contributed by atoms with Gasteiger partial charge in [-0.2, -0.15) is 0 Å². The Bertz CT molecular complexity index is 614. The number of ether oxygens (including phenoxy) is 2. The highest BCUT2D eigenvalue weighted by atomic mass is 16.6. The van der Waals surface area contributed by atoms with Crippen molar-refractivity contribution in [3.8, 4) is 0 Å². The maximum absolute atomic E-state index is 12.1. The Morgan fingerprint density at radius 1 is 1.32 bits per heavy atom. The van der Waals surface area contributed by atoms with E-state index in [2.05, 4.69) is 5.43 Å². The highest BCUT2D eigenvalue weighted by Gasteiger charge is 2.52. The van der Waals surface area contributed by atoms with Gasteiger partial charge in [0.05, 0.1) is 7.11 Å². The van der Waals surface area contributed by atoms with Gasteiger partial charge < -0.3 is 9.47 Å². The van der Waals surface area contributed by atoms with Gasteiger partial charge in [-0.25, -0.2) is 20.0 Å². The molecule has 1 N–H and O–H groups in total. The molecule has 0 radical (unpaired) electrons. The SMILES string of the molecule is COC(=O)C12CCCC1=CN(C(=O)OCc1ccccc1)N2. The Balaban J connectivity index is 1.66. The predicted molar refractivity (Wildman–Crippen MR) is 78.3 cm³/mol. The fraction of sp³-hybridized carbons (Fsp3) is 0.375. The molecule has 0 bridgehead atoms. The molecule has 6 nitrogen and oxygen atoms in total. The molecule has 2 aliphatic rings. The molecule has 1 atom stereocenters. The minimum absolute atomic E-state index is 0.187. The van der Waals surface area contributed by atoms with E-state index >= 15 is 0 Å². The summed E-state index contributed by atoms with van der Waals surface area (Å²) in [4.78, 5) is 24.2. The van der Waals surface area contributed by atoms with E-state index in [4.69, 9.17) is 9.47 Å². The standard InChI is InChI=1S/C16H18N2O4/c1-21-14(19)16-9-5-8-13(16)10-18(17-16)15(20)22-11-12-6-3-2-4-7-12/h2-4,6-7,10,17H,5,8-9,11H2,1H3. The van der Waals surface area contributed by atoms with Crippen molar-refractivity contribution in [1.29, 1.82) is 0 Å². The zero-order chi connectivity index (χ0) is 15.6. The first-order valence-corrected chi connectivity index (χ1v) is 7.23. The van der Waals surface area contributed by atoms with E-state index in [-0.39, 0.29) is 12.6 Å². The van der Waals surface area contributed by atoms with Crippen molar-refractivity contribution in [2.45, 2.75) is 31.4 Å². The van der Waals surface area contributed by atoms with Crippen LogP contribution in [0.25, 0.3) is 0 Å². The number of fused-ring (bicyclic) bond motifs is 1. The minimum atomic E-state index is -0.902. The largest absolute Gasteiger partial charge is 0.467 e. The molecule has 1 fully saturated rings. The Morgan fingerprint density at radius 2 is 2.09 bits per heavy atom. The number of rotatable bonds is 3. The molecule has 0 spiro atoms. The van der Waals surface area contributed by atoms with Gasteiger partial charge in [-0.05, 0) is 30.4 Å². The molecule has 0 saturated heterocycles. The van der Waals surface area contributed by atoms with Crippen LogP contribution in [0.1, 0.15) is 24.8 Å². The minimum Gasteiger partial charge on any atom is -0.467 e. The Morgan fingerprint density at radius 3 is 2.82 bits per heavy atom. The molecular formula is C16H18N2O4. The fourth-order valence-electron chi connectivity index (χ4n) is 2.95. The van der Waals surface area contributed by atoms with Crippen molar-refractivity contribution < 1.29 is 19.1 Å². The summed E-state index contributed by atoms with van der Waals surface area (Å²) in [5.74, 6) is -0.366. The third-order valence-electron chi connectivity index (χ3n) is 4.08. The molecule has 3 rings (SSSR count). The lowest BCUT2D eigenvalue weighted by molar-refractivity contribution is -0.147. The van der Waals surface area contributed by atoms with Gasteiger partial charge in [-0.1, -0.05) is 30.3 Å². The van der Waals surface area contributed by atoms with E-state index in [1.54, 1.807) is 6.20 Å². The first-order valence-electron chi connectivity index (χ1n) is 7.23. The number of carbonyl (C=O) groups excluding carboxylic acids is 2. The summed E-state index contributed by atoms with van der Waals surface area (Å²) in [6.45, 7) is 0.187. The van der Waals surface area contributed by atoms with Crippen LogP contribution in [-0.4, -0.2) is 29.7 Å². The number of carbonyl (C=O) groups is 2. The first kappa shape index (κ1) is 14.6. The first-order chi connectivity index (χ1) is 10.7. The van der Waals surface area contributed by atoms with Crippen LogP contribution >= 0.6 is 0 Å². The molecule has 1 heterocycles. The number of methoxy groups -OCH3 is 1. The van der Waals surface area contributed by atoms with E-state index in [9.17, 15) is 9.59 Å². The molecule has 1 unspecified atom stereocenters. The summed E-state index contributed by atoms with van der Waals surface area (Å²) >= 11 is 0. The Hall–Kier alpha value is -2.34. The van der Waals surface area contributed by atoms with Crippen molar-refractivity contribution in [2.24, 2.45) is 0 Å². The Labute approximate surface area is 128 Å². The monoisotopic (exact) mass is 302 g/mol. The van der Waals surface area contributed by atoms with Gasteiger partial charge >= 0.3 is 12.1 Å². The lowest BCUT2D eigenvalue weighted by Crippen LogP contribution is -2.54. The predicted octanol–water partition coefficient (Wildman–Crippen LogP) is 2.12. The fourth-order valence-corrected chi connectivity index (χ4v) is 2.95. The van der Waals surface area contributed by atoms with Crippen LogP contribution in [0.4, 0.5) is 4.79 Å². The van der Waals surface area contributed by atoms with Crippen molar-refractivity contribution in [3.05, 3.63) is 47.7 Å². The van der Waals surface area contributed by atoms with Crippen LogP contribution in [0.5, 0.6) is 0 Å². The van der Waals surface area contributed by atoms with Gasteiger partial charge in [-0.15, -0.1) is 0 Å². The summed E-state index contributed by atoms with van der Waals surface area (Å²) < 4.78 is 10.1. The van der Waals surface area contributed by atoms with E-state index in [1.807, 2.05) is 30.3 Å². The number of hydrogen-bond donors (Lipinski definition) is 1. The topological polar surface area (TPSA) is 67.9 Å². The maximum Gasteiger partial charge on any atom is 0.428 e. The lowest BCUT2D eigenvalue weighted by Gasteiger charge is -2.26. The van der Waals surface area contributed by atoms with Crippen LogP contribution in [0.3, 0.4) is 0 Å². The number of esters is 1. The smallest absolute Gasteiger partial charge is 0.428 e. The third kappa shape index (κ3) is 2.46. The average molecular weight is 302 g/mol. The molecule has 1 amide bonds. The number of nitrogens with one attached hydrogen (secondary N) is 1. The highest BCUT2D eigenvalue weighted by molar-refractivity contribution is 5.87. The molecule has 1 aliphatic carbocycles. The highest BCUT2D eigenvalue weighted by Crippen LogP contribution is 2.40. The molecule has 22 heavy (non-hydrogen) atoms. The van der Waals surface area contributed by atoms with E-state index in [0.29, 0.717) is 6.42 Å². The quantitative estimate of drug-likeness (QED) is 0.866. The van der Waals surface area contributed by atoms with Crippen LogP contribution < -0.4 is 5.43 Å². The zero-order valence-electron chi connectivity index (χ0n) is 12.4. The molecule has 1 aromatic rings.